The Morgan fingerprint density at radius 1 is 1.22 bits per heavy atom. The Labute approximate surface area is 133 Å². The zero-order valence-electron chi connectivity index (χ0n) is 12.7. The molecule has 0 radical (unpaired) electrons. The first-order valence-electron chi connectivity index (χ1n) is 7.19. The maximum atomic E-state index is 14.4. The largest absolute Gasteiger partial charge is 0.451 e. The van der Waals surface area contributed by atoms with E-state index in [2.05, 4.69) is 5.32 Å². The van der Waals surface area contributed by atoms with Crippen LogP contribution in [0.15, 0.2) is 42.5 Å². The fraction of sp³-hybridized carbons (Fsp3) is 0.235. The van der Waals surface area contributed by atoms with Crippen LogP contribution in [0.4, 0.5) is 8.78 Å². The maximum absolute atomic E-state index is 14.4. The van der Waals surface area contributed by atoms with Crippen LogP contribution in [0.1, 0.15) is 18.9 Å². The fourth-order valence-electron chi connectivity index (χ4n) is 2.07. The topological polar surface area (TPSA) is 64.4 Å². The van der Waals surface area contributed by atoms with E-state index in [1.54, 1.807) is 37.3 Å². The van der Waals surface area contributed by atoms with E-state index in [0.29, 0.717) is 5.75 Å². The number of primary amides is 1. The third-order valence-corrected chi connectivity index (χ3v) is 3.24. The molecule has 0 heterocycles. The maximum Gasteiger partial charge on any atom is 0.218 e. The first-order valence-corrected chi connectivity index (χ1v) is 7.19. The van der Waals surface area contributed by atoms with Crippen LogP contribution >= 0.6 is 0 Å². The van der Waals surface area contributed by atoms with E-state index in [1.165, 1.54) is 6.07 Å². The molecule has 0 aliphatic carbocycles. The Morgan fingerprint density at radius 3 is 2.57 bits per heavy atom. The van der Waals surface area contributed by atoms with Crippen LogP contribution in [0.2, 0.25) is 0 Å². The molecule has 6 heteroatoms. The van der Waals surface area contributed by atoms with Gasteiger partial charge in [0.2, 0.25) is 5.91 Å². The van der Waals surface area contributed by atoms with Gasteiger partial charge in [0.15, 0.2) is 17.4 Å². The number of ether oxygens (including phenoxy) is 1. The quantitative estimate of drug-likeness (QED) is 0.824. The van der Waals surface area contributed by atoms with Crippen molar-refractivity contribution in [3.63, 3.8) is 0 Å². The second-order valence-corrected chi connectivity index (χ2v) is 5.22. The van der Waals surface area contributed by atoms with E-state index < -0.39 is 23.3 Å². The van der Waals surface area contributed by atoms with Gasteiger partial charge in [-0.05, 0) is 25.1 Å². The minimum Gasteiger partial charge on any atom is -0.451 e. The molecule has 0 aromatic heterocycles. The van der Waals surface area contributed by atoms with Crippen LogP contribution in [0, 0.1) is 11.6 Å². The van der Waals surface area contributed by atoms with Crippen molar-refractivity contribution in [2.24, 2.45) is 5.73 Å². The standard InChI is InChI=1S/C17H18F2N2O2/c1-11(9-15(20)22)21-10-12-7-8-14(18)17(16(12)19)23-13-5-3-2-4-6-13/h2-8,11,21H,9-10H2,1H3,(H2,20,22)/t11-/m1/s1. The molecule has 2 rings (SSSR count). The van der Waals surface area contributed by atoms with Gasteiger partial charge in [-0.1, -0.05) is 24.3 Å². The number of halogens is 2. The van der Waals surface area contributed by atoms with E-state index in [1.807, 2.05) is 0 Å². The highest BCUT2D eigenvalue weighted by Gasteiger charge is 2.16. The Hall–Kier alpha value is -2.47. The average Bonchev–Trinajstić information content (AvgIpc) is 2.51. The number of carbonyl (C=O) groups excluding carboxylic acids is 1. The summed E-state index contributed by atoms with van der Waals surface area (Å²) in [6, 6.07) is 10.7. The van der Waals surface area contributed by atoms with Crippen molar-refractivity contribution in [2.45, 2.75) is 25.9 Å². The van der Waals surface area contributed by atoms with Crippen molar-refractivity contribution in [1.29, 1.82) is 0 Å². The van der Waals surface area contributed by atoms with Crippen molar-refractivity contribution < 1.29 is 18.3 Å². The third-order valence-electron chi connectivity index (χ3n) is 3.24. The van der Waals surface area contributed by atoms with E-state index in [9.17, 15) is 13.6 Å². The molecule has 0 bridgehead atoms. The Balaban J connectivity index is 2.13. The summed E-state index contributed by atoms with van der Waals surface area (Å²) >= 11 is 0. The molecule has 3 N–H and O–H groups in total. The van der Waals surface area contributed by atoms with Gasteiger partial charge in [-0.2, -0.15) is 0 Å². The molecular weight excluding hydrogens is 302 g/mol. The highest BCUT2D eigenvalue weighted by atomic mass is 19.1. The number of nitrogens with two attached hydrogens (primary N) is 1. The fourth-order valence-corrected chi connectivity index (χ4v) is 2.07. The van der Waals surface area contributed by atoms with Crippen LogP contribution < -0.4 is 15.8 Å². The second-order valence-electron chi connectivity index (χ2n) is 5.22. The summed E-state index contributed by atoms with van der Waals surface area (Å²) in [5, 5.41) is 2.96. The molecule has 122 valence electrons. The lowest BCUT2D eigenvalue weighted by Crippen LogP contribution is -2.30. The van der Waals surface area contributed by atoms with Gasteiger partial charge in [0.05, 0.1) is 0 Å². The number of benzene rings is 2. The van der Waals surface area contributed by atoms with Crippen LogP contribution in [-0.4, -0.2) is 11.9 Å². The molecule has 1 amide bonds. The van der Waals surface area contributed by atoms with Gasteiger partial charge in [-0.25, -0.2) is 8.78 Å². The summed E-state index contributed by atoms with van der Waals surface area (Å²) in [5.74, 6) is -2.10. The van der Waals surface area contributed by atoms with Crippen molar-refractivity contribution in [3.05, 3.63) is 59.7 Å². The van der Waals surface area contributed by atoms with Gasteiger partial charge < -0.3 is 15.8 Å². The third kappa shape index (κ3) is 4.75. The molecule has 0 aliphatic rings. The Bertz CT molecular complexity index is 678. The molecule has 0 aliphatic heterocycles. The zero-order valence-corrected chi connectivity index (χ0v) is 12.7. The lowest BCUT2D eigenvalue weighted by molar-refractivity contribution is -0.118. The average molecular weight is 320 g/mol. The normalized spacial score (nSPS) is 12.0. The number of nitrogens with one attached hydrogen (secondary N) is 1. The summed E-state index contributed by atoms with van der Waals surface area (Å²) in [4.78, 5) is 10.8. The van der Waals surface area contributed by atoms with Crippen LogP contribution in [-0.2, 0) is 11.3 Å². The highest BCUT2D eigenvalue weighted by Crippen LogP contribution is 2.29. The predicted molar refractivity (Wildman–Crippen MR) is 83.0 cm³/mol. The summed E-state index contributed by atoms with van der Waals surface area (Å²) in [6.45, 7) is 1.89. The first kappa shape index (κ1) is 16.9. The lowest BCUT2D eigenvalue weighted by atomic mass is 10.1. The van der Waals surface area contributed by atoms with E-state index >= 15 is 0 Å². The van der Waals surface area contributed by atoms with Gasteiger partial charge in [0.25, 0.3) is 0 Å². The molecule has 0 unspecified atom stereocenters. The molecule has 4 nitrogen and oxygen atoms in total. The number of hydrogen-bond donors (Lipinski definition) is 2. The molecule has 23 heavy (non-hydrogen) atoms. The molecule has 2 aromatic carbocycles. The zero-order chi connectivity index (χ0) is 16.8. The van der Waals surface area contributed by atoms with Crippen LogP contribution in [0.3, 0.4) is 0 Å². The van der Waals surface area contributed by atoms with E-state index in [-0.39, 0.29) is 24.6 Å². The smallest absolute Gasteiger partial charge is 0.218 e. The van der Waals surface area contributed by atoms with Gasteiger partial charge >= 0.3 is 0 Å². The number of carbonyl (C=O) groups is 1. The minimum atomic E-state index is -0.778. The number of hydrogen-bond acceptors (Lipinski definition) is 3. The summed E-state index contributed by atoms with van der Waals surface area (Å²) < 4.78 is 33.6. The Morgan fingerprint density at radius 2 is 1.91 bits per heavy atom. The summed E-state index contributed by atoms with van der Waals surface area (Å²) in [7, 11) is 0. The van der Waals surface area contributed by atoms with Gasteiger partial charge in [0, 0.05) is 24.6 Å². The second kappa shape index (κ2) is 7.69. The summed E-state index contributed by atoms with van der Waals surface area (Å²) in [5.41, 5.74) is 5.34. The Kier molecular flexibility index (Phi) is 5.65. The SMILES string of the molecule is C[C@H](CC(N)=O)NCc1ccc(F)c(Oc2ccccc2)c1F. The van der Waals surface area contributed by atoms with Gasteiger partial charge in [-0.15, -0.1) is 0 Å². The van der Waals surface area contributed by atoms with Gasteiger partial charge in [-0.3, -0.25) is 4.79 Å². The molecule has 0 spiro atoms. The summed E-state index contributed by atoms with van der Waals surface area (Å²) in [6.07, 6.45) is 0.135. The van der Waals surface area contributed by atoms with Crippen molar-refractivity contribution in [3.8, 4) is 11.5 Å². The molecule has 0 fully saturated rings. The minimum absolute atomic E-state index is 0.131. The van der Waals surface area contributed by atoms with Gasteiger partial charge in [0.1, 0.15) is 5.75 Å². The number of amides is 1. The lowest BCUT2D eigenvalue weighted by Gasteiger charge is -2.14. The van der Waals surface area contributed by atoms with Crippen molar-refractivity contribution in [1.82, 2.24) is 5.32 Å². The number of rotatable bonds is 7. The highest BCUT2D eigenvalue weighted by molar-refractivity contribution is 5.74. The van der Waals surface area contributed by atoms with E-state index in [0.717, 1.165) is 6.07 Å². The van der Waals surface area contributed by atoms with Crippen molar-refractivity contribution >= 4 is 5.91 Å². The van der Waals surface area contributed by atoms with E-state index in [4.69, 9.17) is 10.5 Å². The molecule has 0 saturated carbocycles. The molecule has 1 atom stereocenters. The van der Waals surface area contributed by atoms with Crippen LogP contribution in [0.5, 0.6) is 11.5 Å². The monoisotopic (exact) mass is 320 g/mol. The molecule has 0 saturated heterocycles. The van der Waals surface area contributed by atoms with Crippen molar-refractivity contribution in [2.75, 3.05) is 0 Å². The molecular formula is C17H18F2N2O2. The van der Waals surface area contributed by atoms with Crippen LogP contribution in [0.25, 0.3) is 0 Å². The number of para-hydroxylation sites is 1. The first-order chi connectivity index (χ1) is 11.0. The molecule has 2 aromatic rings. The predicted octanol–water partition coefficient (Wildman–Crippen LogP) is 3.11.